The van der Waals surface area contributed by atoms with Crippen molar-refractivity contribution in [2.45, 2.75) is 4.90 Å². The largest absolute Gasteiger partial charge is 0.399 e. The van der Waals surface area contributed by atoms with Crippen molar-refractivity contribution in [3.05, 3.63) is 24.3 Å². The molecule has 92 valence electrons. The minimum Gasteiger partial charge on any atom is -0.399 e. The predicted octanol–water partition coefficient (Wildman–Crippen LogP) is 0.197. The summed E-state index contributed by atoms with van der Waals surface area (Å²) < 4.78 is 30.8. The first-order chi connectivity index (χ1) is 8.06. The minimum absolute atomic E-state index is 0.170. The maximum absolute atomic E-state index is 11.7. The zero-order valence-corrected chi connectivity index (χ0v) is 10.0. The average Bonchev–Trinajstić information content (AvgIpc) is 2.29. The highest BCUT2D eigenvalue weighted by atomic mass is 32.2. The molecule has 0 amide bonds. The third kappa shape index (κ3) is 4.44. The van der Waals surface area contributed by atoms with E-state index in [1.807, 2.05) is 0 Å². The quantitative estimate of drug-likeness (QED) is 0.431. The summed E-state index contributed by atoms with van der Waals surface area (Å²) in [6.07, 6.45) is 4.98. The molecular weight excluding hydrogens is 240 g/mol. The first-order valence-electron chi connectivity index (χ1n) is 4.92. The highest BCUT2D eigenvalue weighted by Gasteiger charge is 2.12. The van der Waals surface area contributed by atoms with Crippen molar-refractivity contribution in [2.75, 3.05) is 25.5 Å². The molecule has 0 aromatic heterocycles. The number of hydrogen-bond acceptors (Lipinski definition) is 4. The van der Waals surface area contributed by atoms with E-state index in [1.54, 1.807) is 0 Å². The third-order valence-corrected chi connectivity index (χ3v) is 3.39. The highest BCUT2D eigenvalue weighted by Crippen LogP contribution is 2.10. The van der Waals surface area contributed by atoms with Gasteiger partial charge >= 0.3 is 0 Å². The number of terminal acetylenes is 1. The summed E-state index contributed by atoms with van der Waals surface area (Å²) >= 11 is 0. The van der Waals surface area contributed by atoms with Crippen molar-refractivity contribution in [1.29, 1.82) is 0 Å². The van der Waals surface area contributed by atoms with Crippen LogP contribution in [-0.4, -0.2) is 28.2 Å². The lowest BCUT2D eigenvalue weighted by molar-refractivity contribution is 0.173. The van der Waals surface area contributed by atoms with Crippen molar-refractivity contribution in [2.24, 2.45) is 0 Å². The Hall–Kier alpha value is -1.55. The van der Waals surface area contributed by atoms with E-state index in [-0.39, 0.29) is 24.7 Å². The van der Waals surface area contributed by atoms with E-state index in [0.717, 1.165) is 0 Å². The molecule has 0 radical (unpaired) electrons. The van der Waals surface area contributed by atoms with Gasteiger partial charge in [-0.05, 0) is 24.3 Å². The van der Waals surface area contributed by atoms with E-state index >= 15 is 0 Å². The highest BCUT2D eigenvalue weighted by molar-refractivity contribution is 7.89. The average molecular weight is 254 g/mol. The summed E-state index contributed by atoms with van der Waals surface area (Å²) in [5, 5.41) is 0. The molecule has 5 nitrogen and oxygen atoms in total. The second-order valence-corrected chi connectivity index (χ2v) is 4.99. The van der Waals surface area contributed by atoms with Gasteiger partial charge in [0.25, 0.3) is 0 Å². The lowest BCUT2D eigenvalue weighted by Crippen LogP contribution is -2.27. The Kier molecular flexibility index (Phi) is 4.97. The van der Waals surface area contributed by atoms with Crippen molar-refractivity contribution < 1.29 is 13.2 Å². The molecule has 0 heterocycles. The lowest BCUT2D eigenvalue weighted by atomic mass is 10.3. The maximum atomic E-state index is 11.7. The van der Waals surface area contributed by atoms with Crippen LogP contribution in [0.4, 0.5) is 5.69 Å². The minimum atomic E-state index is -3.50. The van der Waals surface area contributed by atoms with E-state index in [0.29, 0.717) is 5.69 Å². The number of ether oxygens (including phenoxy) is 1. The summed E-state index contributed by atoms with van der Waals surface area (Å²) in [4.78, 5) is 0.170. The molecule has 0 aliphatic rings. The molecule has 0 bridgehead atoms. The molecule has 0 aliphatic carbocycles. The molecule has 1 rings (SSSR count). The van der Waals surface area contributed by atoms with Gasteiger partial charge < -0.3 is 10.5 Å². The number of sulfonamides is 1. The van der Waals surface area contributed by atoms with Crippen molar-refractivity contribution in [1.82, 2.24) is 4.72 Å². The Balaban J connectivity index is 2.52. The first kappa shape index (κ1) is 13.5. The predicted molar refractivity (Wildman–Crippen MR) is 65.7 cm³/mol. The number of hydrogen-bond donors (Lipinski definition) is 2. The molecular formula is C11H14N2O3S. The fourth-order valence-electron chi connectivity index (χ4n) is 1.11. The SMILES string of the molecule is C#CCOCCNS(=O)(=O)c1ccc(N)cc1. The van der Waals surface area contributed by atoms with Crippen LogP contribution < -0.4 is 10.5 Å². The Morgan fingerprint density at radius 1 is 1.35 bits per heavy atom. The van der Waals surface area contributed by atoms with Crippen LogP contribution >= 0.6 is 0 Å². The lowest BCUT2D eigenvalue weighted by Gasteiger charge is -2.06. The fourth-order valence-corrected chi connectivity index (χ4v) is 2.12. The zero-order valence-electron chi connectivity index (χ0n) is 9.22. The topological polar surface area (TPSA) is 81.4 Å². The number of anilines is 1. The van der Waals surface area contributed by atoms with Gasteiger partial charge in [0.2, 0.25) is 10.0 Å². The monoisotopic (exact) mass is 254 g/mol. The third-order valence-electron chi connectivity index (χ3n) is 1.91. The number of nitrogens with two attached hydrogens (primary N) is 1. The van der Waals surface area contributed by atoms with Crippen molar-refractivity contribution >= 4 is 15.7 Å². The Bertz CT molecular complexity index is 488. The normalized spacial score (nSPS) is 11.0. The second-order valence-electron chi connectivity index (χ2n) is 3.22. The number of nitrogen functional groups attached to an aromatic ring is 1. The molecule has 1 aromatic carbocycles. The van der Waals surface area contributed by atoms with Crippen LogP contribution in [0.2, 0.25) is 0 Å². The van der Waals surface area contributed by atoms with E-state index in [2.05, 4.69) is 10.6 Å². The van der Waals surface area contributed by atoms with Crippen LogP contribution in [0.25, 0.3) is 0 Å². The molecule has 6 heteroatoms. The molecule has 1 aromatic rings. The van der Waals surface area contributed by atoms with Gasteiger partial charge in [-0.2, -0.15) is 0 Å². The van der Waals surface area contributed by atoms with Gasteiger partial charge in [0.15, 0.2) is 0 Å². The van der Waals surface area contributed by atoms with Gasteiger partial charge in [-0.1, -0.05) is 5.92 Å². The summed E-state index contributed by atoms with van der Waals surface area (Å²) in [5.41, 5.74) is 5.99. The summed E-state index contributed by atoms with van der Waals surface area (Å²) in [6, 6.07) is 5.95. The maximum Gasteiger partial charge on any atom is 0.240 e. The zero-order chi connectivity index (χ0) is 12.7. The van der Waals surface area contributed by atoms with Gasteiger partial charge in [-0.3, -0.25) is 0 Å². The van der Waals surface area contributed by atoms with Crippen LogP contribution in [0.3, 0.4) is 0 Å². The molecule has 0 saturated carbocycles. The summed E-state index contributed by atoms with van der Waals surface area (Å²) in [5.74, 6) is 2.29. The van der Waals surface area contributed by atoms with E-state index in [9.17, 15) is 8.42 Å². The molecule has 0 saturated heterocycles. The number of rotatable bonds is 6. The van der Waals surface area contributed by atoms with Crippen LogP contribution in [0.15, 0.2) is 29.2 Å². The smallest absolute Gasteiger partial charge is 0.240 e. The standard InChI is InChI=1S/C11H14N2O3S/c1-2-8-16-9-7-13-17(14,15)11-5-3-10(12)4-6-11/h1,3-6,13H,7-9,12H2. The Morgan fingerprint density at radius 2 is 2.00 bits per heavy atom. The van der Waals surface area contributed by atoms with Gasteiger partial charge in [0.1, 0.15) is 6.61 Å². The van der Waals surface area contributed by atoms with Crippen molar-refractivity contribution in [3.63, 3.8) is 0 Å². The van der Waals surface area contributed by atoms with Crippen LogP contribution in [0.5, 0.6) is 0 Å². The number of nitrogens with one attached hydrogen (secondary N) is 1. The van der Waals surface area contributed by atoms with Crippen LogP contribution in [0.1, 0.15) is 0 Å². The summed E-state index contributed by atoms with van der Waals surface area (Å²) in [7, 11) is -3.50. The molecule has 17 heavy (non-hydrogen) atoms. The van der Waals surface area contributed by atoms with E-state index < -0.39 is 10.0 Å². The van der Waals surface area contributed by atoms with Crippen LogP contribution in [-0.2, 0) is 14.8 Å². The molecule has 3 N–H and O–H groups in total. The van der Waals surface area contributed by atoms with E-state index in [1.165, 1.54) is 24.3 Å². The molecule has 0 atom stereocenters. The molecule has 0 fully saturated rings. The van der Waals surface area contributed by atoms with Gasteiger partial charge in [0.05, 0.1) is 11.5 Å². The number of benzene rings is 1. The molecule has 0 aliphatic heterocycles. The second kappa shape index (κ2) is 6.25. The van der Waals surface area contributed by atoms with Crippen LogP contribution in [0, 0.1) is 12.3 Å². The van der Waals surface area contributed by atoms with E-state index in [4.69, 9.17) is 16.9 Å². The fraction of sp³-hybridized carbons (Fsp3) is 0.273. The van der Waals surface area contributed by atoms with Crippen molar-refractivity contribution in [3.8, 4) is 12.3 Å². The van der Waals surface area contributed by atoms with Gasteiger partial charge in [0, 0.05) is 12.2 Å². The molecule has 0 unspecified atom stereocenters. The Morgan fingerprint density at radius 3 is 2.59 bits per heavy atom. The Labute approximate surface area is 101 Å². The summed E-state index contributed by atoms with van der Waals surface area (Å²) in [6.45, 7) is 0.580. The molecule has 0 spiro atoms. The van der Waals surface area contributed by atoms with Gasteiger partial charge in [-0.25, -0.2) is 13.1 Å². The first-order valence-corrected chi connectivity index (χ1v) is 6.41. The van der Waals surface area contributed by atoms with Gasteiger partial charge in [-0.15, -0.1) is 6.42 Å².